The fourth-order valence-electron chi connectivity index (χ4n) is 1.39. The molecular weight excluding hydrogens is 300 g/mol. The fourth-order valence-corrected chi connectivity index (χ4v) is 2.51. The first kappa shape index (κ1) is 16.5. The molecule has 0 aliphatic carbocycles. The molecule has 1 rings (SSSR count). The molecule has 0 aromatic carbocycles. The molecule has 0 saturated carbocycles. The van der Waals surface area contributed by atoms with Crippen LogP contribution in [0.25, 0.3) is 0 Å². The summed E-state index contributed by atoms with van der Waals surface area (Å²) in [5, 5.41) is 15.6. The quantitative estimate of drug-likeness (QED) is 0.659. The van der Waals surface area contributed by atoms with Gasteiger partial charge in [0.25, 0.3) is 5.91 Å². The Kier molecular flexibility index (Phi) is 7.10. The van der Waals surface area contributed by atoms with Gasteiger partial charge < -0.3 is 15.7 Å². The molecule has 6 nitrogen and oxygen atoms in total. The summed E-state index contributed by atoms with van der Waals surface area (Å²) in [6.45, 7) is -0.236. The Bertz CT molecular complexity index is 462. The summed E-state index contributed by atoms with van der Waals surface area (Å²) in [5.41, 5.74) is 0. The average molecular weight is 316 g/mol. The normalized spacial score (nSPS) is 11.7. The second-order valence-electron chi connectivity index (χ2n) is 3.90. The maximum absolute atomic E-state index is 11.6. The van der Waals surface area contributed by atoms with Crippen molar-refractivity contribution < 1.29 is 19.5 Å². The van der Waals surface area contributed by atoms with Crippen LogP contribution in [0.2, 0.25) is 0 Å². The summed E-state index contributed by atoms with van der Waals surface area (Å²) in [5.74, 6) is -1.29. The van der Waals surface area contributed by atoms with E-state index >= 15 is 0 Å². The number of aliphatic carboxylic acids is 1. The smallest absolute Gasteiger partial charge is 0.326 e. The van der Waals surface area contributed by atoms with E-state index in [2.05, 4.69) is 10.6 Å². The van der Waals surface area contributed by atoms with E-state index < -0.39 is 17.9 Å². The molecule has 0 unspecified atom stereocenters. The van der Waals surface area contributed by atoms with Crippen LogP contribution < -0.4 is 10.6 Å². The topological polar surface area (TPSA) is 95.5 Å². The Balaban J connectivity index is 2.38. The number of thiophene rings is 1. The Labute approximate surface area is 124 Å². The number of hydrogen-bond acceptors (Lipinski definition) is 5. The van der Waals surface area contributed by atoms with E-state index in [0.29, 0.717) is 17.1 Å². The van der Waals surface area contributed by atoms with Crippen molar-refractivity contribution in [3.63, 3.8) is 0 Å². The largest absolute Gasteiger partial charge is 0.480 e. The van der Waals surface area contributed by atoms with Crippen molar-refractivity contribution in [3.8, 4) is 0 Å². The molecule has 1 aromatic rings. The molecule has 8 heteroatoms. The van der Waals surface area contributed by atoms with E-state index in [1.807, 2.05) is 6.26 Å². The van der Waals surface area contributed by atoms with E-state index in [9.17, 15) is 14.4 Å². The van der Waals surface area contributed by atoms with Gasteiger partial charge in [-0.25, -0.2) is 4.79 Å². The minimum Gasteiger partial charge on any atom is -0.480 e. The number of carboxylic acids is 1. The minimum absolute atomic E-state index is 0.236. The molecule has 0 fully saturated rings. The third-order valence-corrected chi connectivity index (χ3v) is 3.91. The first-order valence-electron chi connectivity index (χ1n) is 5.87. The fraction of sp³-hybridized carbons (Fsp3) is 0.417. The van der Waals surface area contributed by atoms with Crippen molar-refractivity contribution in [3.05, 3.63) is 22.4 Å². The van der Waals surface area contributed by atoms with Crippen molar-refractivity contribution in [1.82, 2.24) is 10.6 Å². The summed E-state index contributed by atoms with van der Waals surface area (Å²) in [7, 11) is 0. The molecule has 1 atom stereocenters. The van der Waals surface area contributed by atoms with Crippen LogP contribution in [-0.4, -0.2) is 47.5 Å². The molecule has 0 bridgehead atoms. The lowest BCUT2D eigenvalue weighted by Gasteiger charge is -2.14. The van der Waals surface area contributed by atoms with E-state index in [0.717, 1.165) is 0 Å². The van der Waals surface area contributed by atoms with E-state index in [4.69, 9.17) is 5.11 Å². The van der Waals surface area contributed by atoms with Crippen LogP contribution in [0.1, 0.15) is 16.1 Å². The van der Waals surface area contributed by atoms with Gasteiger partial charge in [0.05, 0.1) is 11.4 Å². The highest BCUT2D eigenvalue weighted by Gasteiger charge is 2.19. The molecule has 0 spiro atoms. The lowest BCUT2D eigenvalue weighted by atomic mass is 10.2. The first-order chi connectivity index (χ1) is 9.54. The van der Waals surface area contributed by atoms with Crippen molar-refractivity contribution >= 4 is 40.9 Å². The summed E-state index contributed by atoms with van der Waals surface area (Å²) >= 11 is 2.78. The van der Waals surface area contributed by atoms with Crippen molar-refractivity contribution in [2.24, 2.45) is 0 Å². The molecule has 0 aliphatic rings. The van der Waals surface area contributed by atoms with Crippen LogP contribution >= 0.6 is 23.1 Å². The summed E-state index contributed by atoms with van der Waals surface area (Å²) in [6.07, 6.45) is 2.21. The highest BCUT2D eigenvalue weighted by atomic mass is 32.2. The van der Waals surface area contributed by atoms with Gasteiger partial charge >= 0.3 is 5.97 Å². The van der Waals surface area contributed by atoms with E-state index in [1.165, 1.54) is 23.1 Å². The highest BCUT2D eigenvalue weighted by Crippen LogP contribution is 2.07. The number of amides is 2. The van der Waals surface area contributed by atoms with Crippen LogP contribution in [0.5, 0.6) is 0 Å². The van der Waals surface area contributed by atoms with Crippen LogP contribution in [0.3, 0.4) is 0 Å². The molecule has 0 radical (unpaired) electrons. The highest BCUT2D eigenvalue weighted by molar-refractivity contribution is 7.98. The van der Waals surface area contributed by atoms with E-state index in [1.54, 1.807) is 17.5 Å². The molecule has 0 saturated heterocycles. The minimum atomic E-state index is -1.07. The number of hydrogen-bond donors (Lipinski definition) is 3. The molecule has 3 N–H and O–H groups in total. The Morgan fingerprint density at radius 3 is 2.75 bits per heavy atom. The number of thioether (sulfide) groups is 1. The Morgan fingerprint density at radius 1 is 1.45 bits per heavy atom. The zero-order valence-electron chi connectivity index (χ0n) is 10.9. The van der Waals surface area contributed by atoms with Gasteiger partial charge in [-0.05, 0) is 29.9 Å². The van der Waals surface area contributed by atoms with Crippen molar-refractivity contribution in [1.29, 1.82) is 0 Å². The number of carboxylic acid groups (broad SMARTS) is 1. The molecule has 0 aliphatic heterocycles. The van der Waals surface area contributed by atoms with Crippen molar-refractivity contribution in [2.45, 2.75) is 12.5 Å². The van der Waals surface area contributed by atoms with Gasteiger partial charge in [-0.3, -0.25) is 9.59 Å². The van der Waals surface area contributed by atoms with E-state index in [-0.39, 0.29) is 12.5 Å². The predicted molar refractivity (Wildman–Crippen MR) is 79.2 cm³/mol. The monoisotopic (exact) mass is 316 g/mol. The predicted octanol–water partition coefficient (Wildman–Crippen LogP) is 0.800. The number of rotatable bonds is 8. The SMILES string of the molecule is CSCC[C@H](NC(=O)CNC(=O)c1cccs1)C(=O)O. The first-order valence-corrected chi connectivity index (χ1v) is 8.14. The summed E-state index contributed by atoms with van der Waals surface area (Å²) in [6, 6.07) is 2.47. The maximum Gasteiger partial charge on any atom is 0.326 e. The van der Waals surface area contributed by atoms with Gasteiger partial charge in [-0.1, -0.05) is 6.07 Å². The Hall–Kier alpha value is -1.54. The van der Waals surface area contributed by atoms with Gasteiger partial charge in [0, 0.05) is 0 Å². The third-order valence-electron chi connectivity index (χ3n) is 2.40. The molecule has 1 heterocycles. The van der Waals surface area contributed by atoms with Gasteiger partial charge in [0.15, 0.2) is 0 Å². The third kappa shape index (κ3) is 5.62. The Morgan fingerprint density at radius 2 is 2.20 bits per heavy atom. The molecule has 110 valence electrons. The maximum atomic E-state index is 11.6. The van der Waals surface area contributed by atoms with Crippen molar-refractivity contribution in [2.75, 3.05) is 18.6 Å². The summed E-state index contributed by atoms with van der Waals surface area (Å²) < 4.78 is 0. The lowest BCUT2D eigenvalue weighted by molar-refractivity contribution is -0.141. The van der Waals surface area contributed by atoms with Gasteiger partial charge in [0.1, 0.15) is 6.04 Å². The lowest BCUT2D eigenvalue weighted by Crippen LogP contribution is -2.45. The second-order valence-corrected chi connectivity index (χ2v) is 5.83. The average Bonchev–Trinajstić information content (AvgIpc) is 2.94. The molecule has 1 aromatic heterocycles. The zero-order valence-corrected chi connectivity index (χ0v) is 12.6. The molecule has 20 heavy (non-hydrogen) atoms. The standard InChI is InChI=1S/C12H16N2O4S2/c1-19-6-4-8(12(17)18)14-10(15)7-13-11(16)9-3-2-5-20-9/h2-3,5,8H,4,6-7H2,1H3,(H,13,16)(H,14,15)(H,17,18)/t8-/m0/s1. The van der Waals surface area contributed by atoms with Gasteiger partial charge in [0.2, 0.25) is 5.91 Å². The number of carbonyl (C=O) groups excluding carboxylic acids is 2. The summed E-state index contributed by atoms with van der Waals surface area (Å²) in [4.78, 5) is 34.7. The van der Waals surface area contributed by atoms with Crippen LogP contribution in [0.15, 0.2) is 17.5 Å². The van der Waals surface area contributed by atoms with Gasteiger partial charge in [-0.2, -0.15) is 11.8 Å². The number of nitrogens with one attached hydrogen (secondary N) is 2. The van der Waals surface area contributed by atoms with Crippen LogP contribution in [0, 0.1) is 0 Å². The molecular formula is C12H16N2O4S2. The van der Waals surface area contributed by atoms with Gasteiger partial charge in [-0.15, -0.1) is 11.3 Å². The second kappa shape index (κ2) is 8.60. The zero-order chi connectivity index (χ0) is 15.0. The number of carbonyl (C=O) groups is 3. The van der Waals surface area contributed by atoms with Crippen LogP contribution in [0.4, 0.5) is 0 Å². The molecule has 2 amide bonds. The van der Waals surface area contributed by atoms with Crippen LogP contribution in [-0.2, 0) is 9.59 Å².